The maximum Gasteiger partial charge on any atom is 0.330 e. The highest BCUT2D eigenvalue weighted by Crippen LogP contribution is 2.15. The van der Waals surface area contributed by atoms with Gasteiger partial charge in [-0.3, -0.25) is 0 Å². The van der Waals surface area contributed by atoms with E-state index in [0.717, 1.165) is 18.4 Å². The maximum absolute atomic E-state index is 11.4. The molecule has 0 aliphatic carbocycles. The lowest BCUT2D eigenvalue weighted by molar-refractivity contribution is -0.136. The predicted molar refractivity (Wildman–Crippen MR) is 78.2 cm³/mol. The van der Waals surface area contributed by atoms with Crippen LogP contribution in [-0.4, -0.2) is 37.0 Å². The third-order valence-corrected chi connectivity index (χ3v) is 3.22. The fourth-order valence-electron chi connectivity index (χ4n) is 2.06. The largest absolute Gasteiger partial charge is 0.458 e. The smallest absolute Gasteiger partial charge is 0.330 e. The molecular formula is C16H24O4. The molecule has 0 saturated carbocycles. The van der Waals surface area contributed by atoms with Gasteiger partial charge in [-0.1, -0.05) is 31.2 Å². The van der Waals surface area contributed by atoms with Gasteiger partial charge in [0, 0.05) is 19.1 Å². The zero-order valence-electron chi connectivity index (χ0n) is 12.4. The Bertz CT molecular complexity index is 395. The average molecular weight is 280 g/mol. The van der Waals surface area contributed by atoms with Crippen LogP contribution in [0.1, 0.15) is 26.7 Å². The van der Waals surface area contributed by atoms with Crippen molar-refractivity contribution in [3.63, 3.8) is 0 Å². The lowest BCUT2D eigenvalue weighted by atomic mass is 9.96. The Morgan fingerprint density at radius 1 is 1.35 bits per heavy atom. The van der Waals surface area contributed by atoms with Gasteiger partial charge >= 0.3 is 5.97 Å². The summed E-state index contributed by atoms with van der Waals surface area (Å²) in [6.45, 7) is 4.04. The van der Waals surface area contributed by atoms with E-state index >= 15 is 0 Å². The first-order chi connectivity index (χ1) is 9.54. The molecule has 112 valence electrons. The van der Waals surface area contributed by atoms with Crippen molar-refractivity contribution in [2.45, 2.75) is 38.9 Å². The van der Waals surface area contributed by atoms with Crippen molar-refractivity contribution in [2.24, 2.45) is 5.92 Å². The molecule has 0 aromatic rings. The standard InChI is InChI=1S/C16H24O4/c1-12-10-13(2)16(18)14(19-3)8-6-4-5-7-9-15(17)20-11-12/h6-10,13-14,16,18H,4-5,11H2,1-3H3/t13-,14+,16+/m1/s1. The molecule has 0 fully saturated rings. The number of ether oxygens (including phenoxy) is 2. The molecule has 0 bridgehead atoms. The van der Waals surface area contributed by atoms with Crippen LogP contribution in [-0.2, 0) is 14.3 Å². The van der Waals surface area contributed by atoms with E-state index in [0.29, 0.717) is 0 Å². The van der Waals surface area contributed by atoms with E-state index in [2.05, 4.69) is 0 Å². The first-order valence-electron chi connectivity index (χ1n) is 6.92. The molecule has 1 aliphatic rings. The lowest BCUT2D eigenvalue weighted by Crippen LogP contribution is -2.31. The van der Waals surface area contributed by atoms with Crippen LogP contribution in [0, 0.1) is 5.92 Å². The van der Waals surface area contributed by atoms with Gasteiger partial charge in [0.1, 0.15) is 12.7 Å². The highest BCUT2D eigenvalue weighted by atomic mass is 16.5. The Morgan fingerprint density at radius 2 is 2.05 bits per heavy atom. The summed E-state index contributed by atoms with van der Waals surface area (Å²) in [6.07, 6.45) is 9.58. The number of carbonyl (C=O) groups is 1. The fourth-order valence-corrected chi connectivity index (χ4v) is 2.06. The summed E-state index contributed by atoms with van der Waals surface area (Å²) >= 11 is 0. The molecule has 0 unspecified atom stereocenters. The molecule has 0 radical (unpaired) electrons. The van der Waals surface area contributed by atoms with E-state index in [1.807, 2.05) is 32.1 Å². The molecule has 0 saturated heterocycles. The van der Waals surface area contributed by atoms with Crippen molar-refractivity contribution in [1.29, 1.82) is 0 Å². The Labute approximate surface area is 120 Å². The molecule has 4 heteroatoms. The summed E-state index contributed by atoms with van der Waals surface area (Å²) in [4.78, 5) is 11.4. The quantitative estimate of drug-likeness (QED) is 0.592. The van der Waals surface area contributed by atoms with E-state index in [1.165, 1.54) is 6.08 Å². The second-order valence-corrected chi connectivity index (χ2v) is 5.08. The van der Waals surface area contributed by atoms with E-state index < -0.39 is 6.10 Å². The second kappa shape index (κ2) is 8.72. The van der Waals surface area contributed by atoms with Crippen LogP contribution in [0.4, 0.5) is 0 Å². The zero-order chi connectivity index (χ0) is 15.0. The first kappa shape index (κ1) is 16.7. The second-order valence-electron chi connectivity index (χ2n) is 5.08. The monoisotopic (exact) mass is 280 g/mol. The van der Waals surface area contributed by atoms with Crippen molar-refractivity contribution < 1.29 is 19.4 Å². The van der Waals surface area contributed by atoms with Crippen molar-refractivity contribution >= 4 is 5.97 Å². The van der Waals surface area contributed by atoms with Gasteiger partial charge in [0.15, 0.2) is 0 Å². The number of carbonyl (C=O) groups excluding carboxylic acids is 1. The van der Waals surface area contributed by atoms with Crippen molar-refractivity contribution in [2.75, 3.05) is 13.7 Å². The third-order valence-electron chi connectivity index (χ3n) is 3.22. The zero-order valence-corrected chi connectivity index (χ0v) is 12.4. The molecule has 1 aliphatic heterocycles. The number of rotatable bonds is 1. The van der Waals surface area contributed by atoms with E-state index in [1.54, 1.807) is 13.2 Å². The SMILES string of the molecule is CO[C@H]1C=CCCC=CC(=O)OCC(C)=C[C@@H](C)[C@@H]1O. The Morgan fingerprint density at radius 3 is 2.75 bits per heavy atom. The number of methoxy groups -OCH3 is 1. The van der Waals surface area contributed by atoms with Gasteiger partial charge in [0.2, 0.25) is 0 Å². The Kier molecular flexibility index (Phi) is 7.26. The van der Waals surface area contributed by atoms with E-state index in [9.17, 15) is 9.90 Å². The first-order valence-corrected chi connectivity index (χ1v) is 6.92. The van der Waals surface area contributed by atoms with Crippen LogP contribution in [0.3, 0.4) is 0 Å². The third kappa shape index (κ3) is 5.72. The van der Waals surface area contributed by atoms with Gasteiger partial charge in [-0.2, -0.15) is 0 Å². The Balaban J connectivity index is 2.86. The van der Waals surface area contributed by atoms with Gasteiger partial charge in [-0.05, 0) is 25.3 Å². The number of aliphatic hydroxyl groups is 1. The van der Waals surface area contributed by atoms with Crippen LogP contribution >= 0.6 is 0 Å². The topological polar surface area (TPSA) is 55.8 Å². The van der Waals surface area contributed by atoms with Crippen LogP contribution < -0.4 is 0 Å². The summed E-state index contributed by atoms with van der Waals surface area (Å²) in [5.41, 5.74) is 0.911. The predicted octanol–water partition coefficient (Wildman–Crippen LogP) is 2.39. The van der Waals surface area contributed by atoms with Crippen LogP contribution in [0.5, 0.6) is 0 Å². The van der Waals surface area contributed by atoms with Gasteiger partial charge < -0.3 is 14.6 Å². The van der Waals surface area contributed by atoms with Crippen molar-refractivity contribution in [1.82, 2.24) is 0 Å². The molecule has 0 aromatic heterocycles. The molecule has 0 aromatic carbocycles. The van der Waals surface area contributed by atoms with Crippen molar-refractivity contribution in [3.05, 3.63) is 36.0 Å². The molecule has 1 heterocycles. The summed E-state index contributed by atoms with van der Waals surface area (Å²) < 4.78 is 10.4. The Hall–Kier alpha value is -1.39. The lowest BCUT2D eigenvalue weighted by Gasteiger charge is -2.23. The maximum atomic E-state index is 11.4. The molecule has 4 nitrogen and oxygen atoms in total. The minimum Gasteiger partial charge on any atom is -0.458 e. The average Bonchev–Trinajstić information content (AvgIpc) is 2.43. The van der Waals surface area contributed by atoms with E-state index in [-0.39, 0.29) is 24.6 Å². The number of aliphatic hydroxyl groups excluding tert-OH is 1. The molecule has 0 amide bonds. The van der Waals surface area contributed by atoms with Gasteiger partial charge in [0.25, 0.3) is 0 Å². The van der Waals surface area contributed by atoms with Crippen LogP contribution in [0.25, 0.3) is 0 Å². The number of hydrogen-bond acceptors (Lipinski definition) is 4. The summed E-state index contributed by atoms with van der Waals surface area (Å²) in [5, 5.41) is 10.3. The van der Waals surface area contributed by atoms with Gasteiger partial charge in [-0.25, -0.2) is 4.79 Å². The van der Waals surface area contributed by atoms with Crippen LogP contribution in [0.2, 0.25) is 0 Å². The minimum atomic E-state index is -0.625. The molecule has 3 atom stereocenters. The number of allylic oxidation sites excluding steroid dienone is 2. The normalized spacial score (nSPS) is 29.5. The number of hydrogen-bond donors (Lipinski definition) is 1. The molecule has 20 heavy (non-hydrogen) atoms. The molecular weight excluding hydrogens is 256 g/mol. The molecule has 1 N–H and O–H groups in total. The van der Waals surface area contributed by atoms with Crippen LogP contribution in [0.15, 0.2) is 36.0 Å². The summed E-state index contributed by atoms with van der Waals surface area (Å²) in [5.74, 6) is -0.413. The summed E-state index contributed by atoms with van der Waals surface area (Å²) in [7, 11) is 1.59. The van der Waals surface area contributed by atoms with E-state index in [4.69, 9.17) is 9.47 Å². The van der Waals surface area contributed by atoms with Gasteiger partial charge in [-0.15, -0.1) is 0 Å². The number of cyclic esters (lactones) is 1. The number of esters is 1. The summed E-state index contributed by atoms with van der Waals surface area (Å²) in [6, 6.07) is 0. The highest BCUT2D eigenvalue weighted by molar-refractivity contribution is 5.81. The fraction of sp³-hybridized carbons (Fsp3) is 0.562. The van der Waals surface area contributed by atoms with Gasteiger partial charge in [0.05, 0.1) is 6.10 Å². The highest BCUT2D eigenvalue weighted by Gasteiger charge is 2.21. The molecule has 0 spiro atoms. The van der Waals surface area contributed by atoms with Crippen molar-refractivity contribution in [3.8, 4) is 0 Å². The molecule has 1 rings (SSSR count). The minimum absolute atomic E-state index is 0.0817.